The minimum absolute atomic E-state index is 0. The maximum absolute atomic E-state index is 14.0. The molecule has 2 aromatic rings. The monoisotopic (exact) mass is 635 g/mol. The Morgan fingerprint density at radius 3 is 2.29 bits per heavy atom. The Kier molecular flexibility index (Phi) is 9.18. The maximum Gasteiger partial charge on any atom is 0.322 e. The van der Waals surface area contributed by atoms with Gasteiger partial charge in [-0.2, -0.15) is 0 Å². The summed E-state index contributed by atoms with van der Waals surface area (Å²) in [5.74, 6) is 0.385. The number of ether oxygens (including phenoxy) is 2. The van der Waals surface area contributed by atoms with Crippen LogP contribution in [0.15, 0.2) is 48.5 Å². The lowest BCUT2D eigenvalue weighted by Crippen LogP contribution is -2.50. The van der Waals surface area contributed by atoms with E-state index < -0.39 is 5.25 Å². The largest absolute Gasteiger partial charge is 0.381 e. The lowest BCUT2D eigenvalue weighted by Gasteiger charge is -2.38. The van der Waals surface area contributed by atoms with E-state index in [1.807, 2.05) is 32.9 Å². The Balaban J connectivity index is 0.00000372. The predicted molar refractivity (Wildman–Crippen MR) is 178 cm³/mol. The molecule has 4 amide bonds. The smallest absolute Gasteiger partial charge is 0.322 e. The van der Waals surface area contributed by atoms with E-state index in [1.165, 1.54) is 0 Å². The Labute approximate surface area is 270 Å². The van der Waals surface area contributed by atoms with E-state index in [0.29, 0.717) is 38.8 Å². The van der Waals surface area contributed by atoms with Crippen molar-refractivity contribution < 1.29 is 25.3 Å². The van der Waals surface area contributed by atoms with E-state index in [0.717, 1.165) is 81.0 Å². The zero-order valence-corrected chi connectivity index (χ0v) is 26.6. The van der Waals surface area contributed by atoms with Crippen LogP contribution >= 0.6 is 11.8 Å². The standard InChI is InChI=1S/C34H43N5O5S.H2/c40-31(37-14-10-27(11-15-37)38-16-9-24-3-1-2-4-29(24)35-34(38)42)23-30-32(41)39(33(45-30)25-12-19-43-20-13-25)28-7-5-26(6-8-28)36-17-21-44-22-18-36;/h1-8,25,27,30,33H,9-23H2,(H,35,42);1H. The molecule has 45 heavy (non-hydrogen) atoms. The highest BCUT2D eigenvalue weighted by molar-refractivity contribution is 8.02. The zero-order valence-electron chi connectivity index (χ0n) is 25.8. The first-order valence-corrected chi connectivity index (χ1v) is 17.4. The minimum atomic E-state index is -0.406. The molecular formula is C34H45N5O5S. The average Bonchev–Trinajstić information content (AvgIpc) is 3.31. The number of amides is 4. The highest BCUT2D eigenvalue weighted by atomic mass is 32.2. The molecule has 0 saturated carbocycles. The number of piperidine rings is 1. The summed E-state index contributed by atoms with van der Waals surface area (Å²) in [5, 5.41) is 2.66. The van der Waals surface area contributed by atoms with Crippen LogP contribution in [0.1, 0.15) is 39.1 Å². The number of carbonyl (C=O) groups excluding carboxylic acids is 3. The number of para-hydroxylation sites is 1. The van der Waals surface area contributed by atoms with Crippen LogP contribution in [-0.4, -0.2) is 103 Å². The first-order valence-electron chi connectivity index (χ1n) is 16.5. The second kappa shape index (κ2) is 13.6. The van der Waals surface area contributed by atoms with Crippen molar-refractivity contribution in [3.63, 3.8) is 0 Å². The van der Waals surface area contributed by atoms with Gasteiger partial charge in [-0.1, -0.05) is 18.2 Å². The van der Waals surface area contributed by atoms with Crippen molar-refractivity contribution in [3.8, 4) is 0 Å². The lowest BCUT2D eigenvalue weighted by atomic mass is 9.98. The summed E-state index contributed by atoms with van der Waals surface area (Å²) in [5.41, 5.74) is 4.08. The quantitative estimate of drug-likeness (QED) is 0.502. The number of thioether (sulfide) groups is 1. The second-order valence-electron chi connectivity index (χ2n) is 12.6. The van der Waals surface area contributed by atoms with Crippen LogP contribution in [0.2, 0.25) is 0 Å². The molecule has 5 aliphatic rings. The van der Waals surface area contributed by atoms with Gasteiger partial charge in [0, 0.05) is 76.9 Å². The summed E-state index contributed by atoms with van der Waals surface area (Å²) in [6.07, 6.45) is 4.33. The van der Waals surface area contributed by atoms with Gasteiger partial charge in [-0.3, -0.25) is 14.5 Å². The minimum Gasteiger partial charge on any atom is -0.381 e. The van der Waals surface area contributed by atoms with Crippen molar-refractivity contribution in [2.24, 2.45) is 5.92 Å². The van der Waals surface area contributed by atoms with Crippen LogP contribution in [0, 0.1) is 5.92 Å². The van der Waals surface area contributed by atoms with Crippen molar-refractivity contribution in [3.05, 3.63) is 54.1 Å². The van der Waals surface area contributed by atoms with Crippen molar-refractivity contribution in [2.45, 2.75) is 55.2 Å². The number of carbonyl (C=O) groups is 3. The van der Waals surface area contributed by atoms with Crippen LogP contribution in [0.4, 0.5) is 21.9 Å². The van der Waals surface area contributed by atoms with E-state index in [4.69, 9.17) is 9.47 Å². The molecule has 2 atom stereocenters. The molecule has 242 valence electrons. The molecule has 5 heterocycles. The highest BCUT2D eigenvalue weighted by Crippen LogP contribution is 2.44. The number of likely N-dealkylation sites (tertiary alicyclic amines) is 1. The molecule has 11 heteroatoms. The number of hydrogen-bond donors (Lipinski definition) is 1. The van der Waals surface area contributed by atoms with E-state index in [2.05, 4.69) is 40.5 Å². The average molecular weight is 636 g/mol. The van der Waals surface area contributed by atoms with Crippen LogP contribution in [0.3, 0.4) is 0 Å². The van der Waals surface area contributed by atoms with E-state index in [9.17, 15) is 14.4 Å². The summed E-state index contributed by atoms with van der Waals surface area (Å²) in [6, 6.07) is 16.3. The molecule has 0 bridgehead atoms. The van der Waals surface area contributed by atoms with Gasteiger partial charge in [-0.05, 0) is 73.9 Å². The number of morpholine rings is 1. The molecule has 1 N–H and O–H groups in total. The van der Waals surface area contributed by atoms with E-state index >= 15 is 0 Å². The Morgan fingerprint density at radius 1 is 0.844 bits per heavy atom. The van der Waals surface area contributed by atoms with Crippen molar-refractivity contribution in [2.75, 3.05) is 74.3 Å². The predicted octanol–water partition coefficient (Wildman–Crippen LogP) is 4.44. The normalized spacial score (nSPS) is 25.2. The van der Waals surface area contributed by atoms with Gasteiger partial charge in [-0.15, -0.1) is 11.8 Å². The maximum atomic E-state index is 14.0. The van der Waals surface area contributed by atoms with Gasteiger partial charge in [-0.25, -0.2) is 4.79 Å². The van der Waals surface area contributed by atoms with Gasteiger partial charge in [0.1, 0.15) is 0 Å². The Hall–Kier alpha value is -3.28. The number of nitrogens with zero attached hydrogens (tertiary/aromatic N) is 4. The van der Waals surface area contributed by atoms with Gasteiger partial charge < -0.3 is 29.5 Å². The van der Waals surface area contributed by atoms with Crippen LogP contribution in [-0.2, 0) is 25.5 Å². The third-order valence-corrected chi connectivity index (χ3v) is 11.6. The third-order valence-electron chi connectivity index (χ3n) is 10.0. The molecule has 2 unspecified atom stereocenters. The fourth-order valence-electron chi connectivity index (χ4n) is 7.40. The number of nitrogens with one attached hydrogen (secondary N) is 1. The second-order valence-corrected chi connectivity index (χ2v) is 14.0. The van der Waals surface area contributed by atoms with Crippen molar-refractivity contribution >= 4 is 46.7 Å². The molecule has 0 aliphatic carbocycles. The molecule has 5 aliphatic heterocycles. The van der Waals surface area contributed by atoms with Crippen LogP contribution in [0.5, 0.6) is 0 Å². The molecule has 0 spiro atoms. The van der Waals surface area contributed by atoms with Gasteiger partial charge in [0.05, 0.1) is 23.8 Å². The molecule has 10 nitrogen and oxygen atoms in total. The summed E-state index contributed by atoms with van der Waals surface area (Å²) in [4.78, 5) is 48.8. The van der Waals surface area contributed by atoms with E-state index in [1.54, 1.807) is 11.8 Å². The first-order chi connectivity index (χ1) is 22.0. The van der Waals surface area contributed by atoms with Crippen LogP contribution < -0.4 is 15.1 Å². The lowest BCUT2D eigenvalue weighted by molar-refractivity contribution is -0.134. The third kappa shape index (κ3) is 6.53. The number of urea groups is 1. The number of anilines is 3. The molecular weight excluding hydrogens is 590 g/mol. The van der Waals surface area contributed by atoms with Crippen molar-refractivity contribution in [1.82, 2.24) is 9.80 Å². The number of benzene rings is 2. The van der Waals surface area contributed by atoms with E-state index in [-0.39, 0.29) is 37.1 Å². The molecule has 0 radical (unpaired) electrons. The number of fused-ring (bicyclic) bond motifs is 1. The fraction of sp³-hybridized carbons (Fsp3) is 0.559. The first kappa shape index (κ1) is 30.4. The molecule has 4 fully saturated rings. The highest BCUT2D eigenvalue weighted by Gasteiger charge is 2.46. The fourth-order valence-corrected chi connectivity index (χ4v) is 9.05. The summed E-state index contributed by atoms with van der Waals surface area (Å²) < 4.78 is 11.2. The van der Waals surface area contributed by atoms with Gasteiger partial charge >= 0.3 is 6.03 Å². The van der Waals surface area contributed by atoms with Crippen LogP contribution in [0.25, 0.3) is 0 Å². The van der Waals surface area contributed by atoms with Crippen molar-refractivity contribution in [1.29, 1.82) is 0 Å². The topological polar surface area (TPSA) is 94.7 Å². The van der Waals surface area contributed by atoms with Gasteiger partial charge in [0.25, 0.3) is 0 Å². The molecule has 0 aromatic heterocycles. The summed E-state index contributed by atoms with van der Waals surface area (Å²) in [7, 11) is 0. The molecule has 4 saturated heterocycles. The van der Waals surface area contributed by atoms with Gasteiger partial charge in [0.15, 0.2) is 0 Å². The number of hydrogen-bond acceptors (Lipinski definition) is 7. The Morgan fingerprint density at radius 2 is 1.53 bits per heavy atom. The Bertz CT molecular complexity index is 1380. The molecule has 2 aromatic carbocycles. The summed E-state index contributed by atoms with van der Waals surface area (Å²) in [6.45, 7) is 6.47. The summed E-state index contributed by atoms with van der Waals surface area (Å²) >= 11 is 1.66. The molecule has 7 rings (SSSR count). The zero-order chi connectivity index (χ0) is 30.8. The SMILES string of the molecule is O=C(CC1SC(C2CCOCC2)N(c2ccc(N3CCOCC3)cc2)C1=O)N1CCC(N2CCc3ccccc3NC2=O)CC1.[HH]. The van der Waals surface area contributed by atoms with Gasteiger partial charge in [0.2, 0.25) is 11.8 Å². The number of rotatable bonds is 6.